The van der Waals surface area contributed by atoms with Crippen molar-refractivity contribution < 1.29 is 13.9 Å². The van der Waals surface area contributed by atoms with E-state index in [0.717, 1.165) is 0 Å². The number of pyridine rings is 1. The molecule has 2 rings (SSSR count). The number of halogens is 1. The molecule has 1 heterocycles. The predicted molar refractivity (Wildman–Crippen MR) is 69.8 cm³/mol. The van der Waals surface area contributed by atoms with Crippen LogP contribution >= 0.6 is 0 Å². The van der Waals surface area contributed by atoms with E-state index >= 15 is 0 Å². The lowest BCUT2D eigenvalue weighted by molar-refractivity contribution is 0.102. The molecule has 0 spiro atoms. The molecule has 1 aromatic carbocycles. The maximum Gasteiger partial charge on any atom is 0.260 e. The molecule has 0 saturated carbocycles. The number of amides is 1. The molecule has 4 nitrogen and oxygen atoms in total. The number of carbonyl (C=O) groups excluding carboxylic acids is 1. The summed E-state index contributed by atoms with van der Waals surface area (Å²) >= 11 is 0. The summed E-state index contributed by atoms with van der Waals surface area (Å²) in [5.41, 5.74) is 0.448. The molecule has 0 fully saturated rings. The Hall–Kier alpha value is -2.43. The summed E-state index contributed by atoms with van der Waals surface area (Å²) in [5, 5.41) is 2.60. The monoisotopic (exact) mass is 260 g/mol. The number of nitrogens with one attached hydrogen (secondary N) is 1. The lowest BCUT2D eigenvalue weighted by atomic mass is 10.2. The normalized spacial score (nSPS) is 10.0. The first-order valence-corrected chi connectivity index (χ1v) is 5.85. The van der Waals surface area contributed by atoms with Crippen LogP contribution < -0.4 is 10.1 Å². The van der Waals surface area contributed by atoms with Crippen LogP contribution in [0.3, 0.4) is 0 Å². The van der Waals surface area contributed by atoms with Gasteiger partial charge in [0.1, 0.15) is 5.75 Å². The summed E-state index contributed by atoms with van der Waals surface area (Å²) in [6.45, 7) is 2.41. The van der Waals surface area contributed by atoms with Gasteiger partial charge in [0.15, 0.2) is 0 Å². The molecular formula is C14H13FN2O2. The van der Waals surface area contributed by atoms with Crippen LogP contribution in [-0.2, 0) is 0 Å². The predicted octanol–water partition coefficient (Wildman–Crippen LogP) is 2.87. The number of benzene rings is 1. The van der Waals surface area contributed by atoms with E-state index in [9.17, 15) is 9.18 Å². The van der Waals surface area contributed by atoms with Gasteiger partial charge in [-0.15, -0.1) is 0 Å². The molecule has 1 N–H and O–H groups in total. The SMILES string of the molecule is CCOc1cccc(NC(=O)c2cccnc2F)c1. The molecule has 19 heavy (non-hydrogen) atoms. The molecule has 0 aliphatic carbocycles. The Balaban J connectivity index is 2.15. The van der Waals surface area contributed by atoms with Crippen LogP contribution in [0.5, 0.6) is 5.75 Å². The van der Waals surface area contributed by atoms with Crippen molar-refractivity contribution in [3.63, 3.8) is 0 Å². The Morgan fingerprint density at radius 1 is 1.37 bits per heavy atom. The molecule has 1 aromatic heterocycles. The number of hydrogen-bond donors (Lipinski definition) is 1. The number of ether oxygens (including phenoxy) is 1. The third kappa shape index (κ3) is 3.28. The second-order valence-corrected chi connectivity index (χ2v) is 3.76. The van der Waals surface area contributed by atoms with E-state index in [-0.39, 0.29) is 5.56 Å². The van der Waals surface area contributed by atoms with Crippen molar-refractivity contribution >= 4 is 11.6 Å². The average Bonchev–Trinajstić information content (AvgIpc) is 2.40. The smallest absolute Gasteiger partial charge is 0.260 e. The van der Waals surface area contributed by atoms with Crippen molar-refractivity contribution in [1.82, 2.24) is 4.98 Å². The molecule has 0 aliphatic heterocycles. The van der Waals surface area contributed by atoms with Crippen molar-refractivity contribution in [2.75, 3.05) is 11.9 Å². The molecule has 0 atom stereocenters. The number of anilines is 1. The first-order chi connectivity index (χ1) is 9.20. The molecular weight excluding hydrogens is 247 g/mol. The molecule has 2 aromatic rings. The highest BCUT2D eigenvalue weighted by Crippen LogP contribution is 2.18. The molecule has 0 bridgehead atoms. The van der Waals surface area contributed by atoms with Gasteiger partial charge in [0.05, 0.1) is 12.2 Å². The van der Waals surface area contributed by atoms with Crippen molar-refractivity contribution in [1.29, 1.82) is 0 Å². The number of carbonyl (C=O) groups is 1. The second-order valence-electron chi connectivity index (χ2n) is 3.76. The van der Waals surface area contributed by atoms with Crippen molar-refractivity contribution in [3.8, 4) is 5.75 Å². The van der Waals surface area contributed by atoms with Gasteiger partial charge in [0.2, 0.25) is 5.95 Å². The summed E-state index contributed by atoms with van der Waals surface area (Å²) in [5.74, 6) is -0.688. The minimum Gasteiger partial charge on any atom is -0.494 e. The van der Waals surface area contributed by atoms with E-state index in [0.29, 0.717) is 18.0 Å². The third-order valence-corrected chi connectivity index (χ3v) is 2.41. The van der Waals surface area contributed by atoms with Crippen LogP contribution in [-0.4, -0.2) is 17.5 Å². The van der Waals surface area contributed by atoms with Gasteiger partial charge in [-0.25, -0.2) is 4.98 Å². The van der Waals surface area contributed by atoms with Gasteiger partial charge in [0.25, 0.3) is 5.91 Å². The molecule has 98 valence electrons. The maximum absolute atomic E-state index is 13.3. The number of rotatable bonds is 4. The fraction of sp³-hybridized carbons (Fsp3) is 0.143. The van der Waals surface area contributed by atoms with Crippen molar-refractivity contribution in [3.05, 3.63) is 54.1 Å². The van der Waals surface area contributed by atoms with E-state index in [2.05, 4.69) is 10.3 Å². The average molecular weight is 260 g/mol. The molecule has 5 heteroatoms. The Labute approximate surface area is 110 Å². The summed E-state index contributed by atoms with van der Waals surface area (Å²) < 4.78 is 18.7. The Morgan fingerprint density at radius 3 is 2.95 bits per heavy atom. The minimum absolute atomic E-state index is 0.0932. The second kappa shape index (κ2) is 5.95. The van der Waals surface area contributed by atoms with E-state index < -0.39 is 11.9 Å². The van der Waals surface area contributed by atoms with Crippen LogP contribution in [0.2, 0.25) is 0 Å². The number of nitrogens with zero attached hydrogens (tertiary/aromatic N) is 1. The van der Waals surface area contributed by atoms with Gasteiger partial charge in [0, 0.05) is 18.0 Å². The lowest BCUT2D eigenvalue weighted by Crippen LogP contribution is -2.14. The van der Waals surface area contributed by atoms with Crippen molar-refractivity contribution in [2.24, 2.45) is 0 Å². The van der Waals surface area contributed by atoms with Crippen LogP contribution in [0.15, 0.2) is 42.6 Å². The molecule has 0 aliphatic rings. The van der Waals surface area contributed by atoms with Gasteiger partial charge in [-0.05, 0) is 31.2 Å². The fourth-order valence-corrected chi connectivity index (χ4v) is 1.58. The summed E-state index contributed by atoms with van der Waals surface area (Å²) in [6.07, 6.45) is 1.29. The maximum atomic E-state index is 13.3. The first-order valence-electron chi connectivity index (χ1n) is 5.85. The van der Waals surface area contributed by atoms with Crippen LogP contribution in [0, 0.1) is 5.95 Å². The first kappa shape index (κ1) is 13.0. The highest BCUT2D eigenvalue weighted by molar-refractivity contribution is 6.04. The quantitative estimate of drug-likeness (QED) is 0.860. The van der Waals surface area contributed by atoms with Crippen molar-refractivity contribution in [2.45, 2.75) is 6.92 Å². The third-order valence-electron chi connectivity index (χ3n) is 2.41. The highest BCUT2D eigenvalue weighted by Gasteiger charge is 2.12. The Kier molecular flexibility index (Phi) is 4.07. The van der Waals surface area contributed by atoms with E-state index in [4.69, 9.17) is 4.74 Å². The molecule has 0 unspecified atom stereocenters. The van der Waals surface area contributed by atoms with Gasteiger partial charge in [-0.3, -0.25) is 4.79 Å². The Morgan fingerprint density at radius 2 is 2.21 bits per heavy atom. The standard InChI is InChI=1S/C14H13FN2O2/c1-2-19-11-6-3-5-10(9-11)17-14(18)12-7-4-8-16-13(12)15/h3-9H,2H2,1H3,(H,17,18). The van der Waals surface area contributed by atoms with Crippen LogP contribution in [0.1, 0.15) is 17.3 Å². The molecule has 1 amide bonds. The van der Waals surface area contributed by atoms with Gasteiger partial charge < -0.3 is 10.1 Å². The highest BCUT2D eigenvalue weighted by atomic mass is 19.1. The largest absolute Gasteiger partial charge is 0.494 e. The molecule has 0 saturated heterocycles. The van der Waals surface area contributed by atoms with Gasteiger partial charge in [-0.2, -0.15) is 4.39 Å². The zero-order valence-electron chi connectivity index (χ0n) is 10.4. The zero-order valence-corrected chi connectivity index (χ0v) is 10.4. The summed E-state index contributed by atoms with van der Waals surface area (Å²) in [6, 6.07) is 9.80. The zero-order chi connectivity index (χ0) is 13.7. The van der Waals surface area contributed by atoms with E-state index in [1.165, 1.54) is 18.3 Å². The summed E-state index contributed by atoms with van der Waals surface area (Å²) in [7, 11) is 0. The number of aromatic nitrogens is 1. The molecule has 0 radical (unpaired) electrons. The summed E-state index contributed by atoms with van der Waals surface area (Å²) in [4.78, 5) is 15.3. The lowest BCUT2D eigenvalue weighted by Gasteiger charge is -2.08. The van der Waals surface area contributed by atoms with Crippen LogP contribution in [0.25, 0.3) is 0 Å². The van der Waals surface area contributed by atoms with Crippen LogP contribution in [0.4, 0.5) is 10.1 Å². The number of hydrogen-bond acceptors (Lipinski definition) is 3. The van der Waals surface area contributed by atoms with Gasteiger partial charge >= 0.3 is 0 Å². The topological polar surface area (TPSA) is 51.2 Å². The van der Waals surface area contributed by atoms with E-state index in [1.54, 1.807) is 24.3 Å². The fourth-order valence-electron chi connectivity index (χ4n) is 1.58. The van der Waals surface area contributed by atoms with Gasteiger partial charge in [-0.1, -0.05) is 6.07 Å². The minimum atomic E-state index is -0.791. The Bertz CT molecular complexity index is 587. The van der Waals surface area contributed by atoms with E-state index in [1.807, 2.05) is 6.92 Å².